The van der Waals surface area contributed by atoms with Crippen LogP contribution in [0, 0.1) is 0 Å². The first-order chi connectivity index (χ1) is 11.1. The minimum atomic E-state index is -0.106. The zero-order valence-corrected chi connectivity index (χ0v) is 15.5. The number of carbonyl (C=O) groups excluding carboxylic acids is 1. The Morgan fingerprint density at radius 2 is 1.96 bits per heavy atom. The number of halogens is 1. The van der Waals surface area contributed by atoms with Crippen LogP contribution in [0.15, 0.2) is 57.9 Å². The summed E-state index contributed by atoms with van der Waals surface area (Å²) in [6.45, 7) is 1.97. The fourth-order valence-electron chi connectivity index (χ4n) is 2.96. The summed E-state index contributed by atoms with van der Waals surface area (Å²) in [5, 5.41) is 3.13. The summed E-state index contributed by atoms with van der Waals surface area (Å²) in [4.78, 5) is 13.7. The zero-order chi connectivity index (χ0) is 16.2. The molecule has 0 spiro atoms. The number of hydrogen-bond acceptors (Lipinski definition) is 2. The van der Waals surface area contributed by atoms with E-state index in [4.69, 9.17) is 0 Å². The third kappa shape index (κ3) is 4.18. The largest absolute Gasteiger partial charge is 0.348 e. The molecule has 0 aliphatic heterocycles. The third-order valence-electron chi connectivity index (χ3n) is 4.18. The molecule has 2 atom stereocenters. The third-order valence-corrected chi connectivity index (χ3v) is 5.82. The number of hydrogen-bond donors (Lipinski definition) is 1. The van der Waals surface area contributed by atoms with E-state index in [-0.39, 0.29) is 17.2 Å². The van der Waals surface area contributed by atoms with Crippen LogP contribution in [-0.4, -0.2) is 11.2 Å². The van der Waals surface area contributed by atoms with Gasteiger partial charge in [-0.15, -0.1) is 11.8 Å². The molecule has 1 aliphatic carbocycles. The summed E-state index contributed by atoms with van der Waals surface area (Å²) in [6, 6.07) is 16.7. The first kappa shape index (κ1) is 16.6. The normalized spacial score (nSPS) is 18.1. The smallest absolute Gasteiger partial charge is 0.233 e. The van der Waals surface area contributed by atoms with Gasteiger partial charge >= 0.3 is 0 Å². The van der Waals surface area contributed by atoms with E-state index in [0.29, 0.717) is 0 Å². The Labute approximate surface area is 150 Å². The minimum Gasteiger partial charge on any atom is -0.348 e. The fourth-order valence-corrected chi connectivity index (χ4v) is 4.10. The monoisotopic (exact) mass is 389 g/mol. The molecule has 23 heavy (non-hydrogen) atoms. The van der Waals surface area contributed by atoms with Crippen molar-refractivity contribution in [3.05, 3.63) is 64.1 Å². The van der Waals surface area contributed by atoms with E-state index in [0.717, 1.165) is 28.6 Å². The summed E-state index contributed by atoms with van der Waals surface area (Å²) < 4.78 is 1.05. The Kier molecular flexibility index (Phi) is 5.44. The van der Waals surface area contributed by atoms with Crippen molar-refractivity contribution in [3.8, 4) is 0 Å². The van der Waals surface area contributed by atoms with Gasteiger partial charge in [-0.3, -0.25) is 4.79 Å². The van der Waals surface area contributed by atoms with Crippen molar-refractivity contribution in [2.75, 3.05) is 0 Å². The molecule has 0 saturated carbocycles. The molecule has 0 radical (unpaired) electrons. The van der Waals surface area contributed by atoms with Gasteiger partial charge in [-0.2, -0.15) is 0 Å². The summed E-state index contributed by atoms with van der Waals surface area (Å²) >= 11 is 5.03. The zero-order valence-electron chi connectivity index (χ0n) is 13.1. The van der Waals surface area contributed by atoms with Gasteiger partial charge in [0.2, 0.25) is 5.91 Å². The van der Waals surface area contributed by atoms with Crippen molar-refractivity contribution in [2.24, 2.45) is 0 Å². The van der Waals surface area contributed by atoms with Crippen LogP contribution in [0.4, 0.5) is 0 Å². The van der Waals surface area contributed by atoms with Crippen LogP contribution in [-0.2, 0) is 11.2 Å². The molecule has 0 fully saturated rings. The van der Waals surface area contributed by atoms with Gasteiger partial charge in [0.15, 0.2) is 0 Å². The molecule has 1 amide bonds. The first-order valence-electron chi connectivity index (χ1n) is 7.94. The number of aryl methyl sites for hydroxylation is 1. The van der Waals surface area contributed by atoms with E-state index in [1.54, 1.807) is 11.8 Å². The Morgan fingerprint density at radius 3 is 2.74 bits per heavy atom. The summed E-state index contributed by atoms with van der Waals surface area (Å²) in [7, 11) is 0. The highest BCUT2D eigenvalue weighted by atomic mass is 79.9. The summed E-state index contributed by atoms with van der Waals surface area (Å²) in [5.41, 5.74) is 2.66. The molecule has 0 saturated heterocycles. The van der Waals surface area contributed by atoms with Crippen molar-refractivity contribution in [3.63, 3.8) is 0 Å². The van der Waals surface area contributed by atoms with E-state index in [1.165, 1.54) is 11.1 Å². The highest BCUT2D eigenvalue weighted by Crippen LogP contribution is 2.31. The molecule has 2 aromatic carbocycles. The Hall–Kier alpha value is -1.26. The van der Waals surface area contributed by atoms with Crippen LogP contribution in [0.2, 0.25) is 0 Å². The predicted molar refractivity (Wildman–Crippen MR) is 99.7 cm³/mol. The van der Waals surface area contributed by atoms with Crippen LogP contribution in [0.25, 0.3) is 0 Å². The number of thioether (sulfide) groups is 1. The lowest BCUT2D eigenvalue weighted by atomic mass is 9.88. The van der Waals surface area contributed by atoms with E-state index >= 15 is 0 Å². The number of amides is 1. The highest BCUT2D eigenvalue weighted by Gasteiger charge is 2.23. The molecule has 0 aromatic heterocycles. The van der Waals surface area contributed by atoms with Crippen molar-refractivity contribution >= 4 is 33.6 Å². The quantitative estimate of drug-likeness (QED) is 0.734. The standard InChI is InChI=1S/C19H20BrNOS/c1-13(23-16-11-9-15(20)10-12-16)19(22)21-18-8-4-6-14-5-2-3-7-17(14)18/h2-3,5,7,9-13,18H,4,6,8H2,1H3,(H,21,22)/t13-,18+/m1/s1. The first-order valence-corrected chi connectivity index (χ1v) is 9.61. The molecular weight excluding hydrogens is 370 g/mol. The molecule has 1 N–H and O–H groups in total. The second kappa shape index (κ2) is 7.54. The Balaban J connectivity index is 1.64. The van der Waals surface area contributed by atoms with Gasteiger partial charge in [0.05, 0.1) is 11.3 Å². The van der Waals surface area contributed by atoms with Crippen LogP contribution < -0.4 is 5.32 Å². The number of fused-ring (bicyclic) bond motifs is 1. The maximum atomic E-state index is 12.6. The Morgan fingerprint density at radius 1 is 1.22 bits per heavy atom. The molecule has 0 bridgehead atoms. The van der Waals surface area contributed by atoms with Crippen LogP contribution in [0.5, 0.6) is 0 Å². The second-order valence-corrected chi connectivity index (χ2v) is 8.20. The molecule has 3 rings (SSSR count). The molecular formula is C19H20BrNOS. The average Bonchev–Trinajstić information content (AvgIpc) is 2.57. The van der Waals surface area contributed by atoms with E-state index in [1.807, 2.05) is 31.2 Å². The summed E-state index contributed by atoms with van der Waals surface area (Å²) in [5.74, 6) is 0.111. The topological polar surface area (TPSA) is 29.1 Å². The summed E-state index contributed by atoms with van der Waals surface area (Å²) in [6.07, 6.45) is 3.28. The van der Waals surface area contributed by atoms with Gasteiger partial charge in [-0.25, -0.2) is 0 Å². The van der Waals surface area contributed by atoms with Gasteiger partial charge in [-0.05, 0) is 61.6 Å². The Bertz CT molecular complexity index is 686. The number of rotatable bonds is 4. The van der Waals surface area contributed by atoms with Gasteiger partial charge in [0.1, 0.15) is 0 Å². The van der Waals surface area contributed by atoms with Gasteiger partial charge in [-0.1, -0.05) is 40.2 Å². The van der Waals surface area contributed by atoms with E-state index in [2.05, 4.69) is 45.5 Å². The van der Waals surface area contributed by atoms with Crippen LogP contribution >= 0.6 is 27.7 Å². The number of benzene rings is 2. The molecule has 2 aromatic rings. The minimum absolute atomic E-state index is 0.106. The molecule has 1 aliphatic rings. The van der Waals surface area contributed by atoms with Gasteiger partial charge in [0.25, 0.3) is 0 Å². The fraction of sp³-hybridized carbons (Fsp3) is 0.316. The van der Waals surface area contributed by atoms with Crippen LogP contribution in [0.3, 0.4) is 0 Å². The molecule has 0 heterocycles. The molecule has 0 unspecified atom stereocenters. The lowest BCUT2D eigenvalue weighted by Crippen LogP contribution is -2.35. The lowest BCUT2D eigenvalue weighted by molar-refractivity contribution is -0.121. The van der Waals surface area contributed by atoms with E-state index in [9.17, 15) is 4.79 Å². The molecule has 120 valence electrons. The number of carbonyl (C=O) groups is 1. The van der Waals surface area contributed by atoms with Crippen molar-refractivity contribution in [1.82, 2.24) is 5.32 Å². The van der Waals surface area contributed by atoms with Crippen molar-refractivity contribution in [1.29, 1.82) is 0 Å². The lowest BCUT2D eigenvalue weighted by Gasteiger charge is -2.27. The van der Waals surface area contributed by atoms with Gasteiger partial charge < -0.3 is 5.32 Å². The highest BCUT2D eigenvalue weighted by molar-refractivity contribution is 9.10. The molecule has 2 nitrogen and oxygen atoms in total. The van der Waals surface area contributed by atoms with Crippen molar-refractivity contribution in [2.45, 2.75) is 42.4 Å². The maximum absolute atomic E-state index is 12.6. The second-order valence-electron chi connectivity index (χ2n) is 5.87. The predicted octanol–water partition coefficient (Wildman–Crippen LogP) is 5.12. The van der Waals surface area contributed by atoms with Crippen LogP contribution in [0.1, 0.15) is 36.9 Å². The number of nitrogens with one attached hydrogen (secondary N) is 1. The molecule has 4 heteroatoms. The van der Waals surface area contributed by atoms with Crippen molar-refractivity contribution < 1.29 is 4.79 Å². The SMILES string of the molecule is C[C@@H](Sc1ccc(Br)cc1)C(=O)N[C@H]1CCCc2ccccc21. The van der Waals surface area contributed by atoms with E-state index < -0.39 is 0 Å². The van der Waals surface area contributed by atoms with Gasteiger partial charge in [0, 0.05) is 9.37 Å². The average molecular weight is 390 g/mol. The maximum Gasteiger partial charge on any atom is 0.233 e.